The number of non-ortho nitro benzene ring substituents is 2. The van der Waals surface area contributed by atoms with Gasteiger partial charge in [0.05, 0.1) is 21.5 Å². The lowest BCUT2D eigenvalue weighted by molar-refractivity contribution is -0.394. The maximum atomic E-state index is 12.4. The smallest absolute Gasteiger partial charge is 0.277 e. The highest BCUT2D eigenvalue weighted by molar-refractivity contribution is 6.05. The molecule has 0 unspecified atom stereocenters. The Kier molecular flexibility index (Phi) is 6.31. The van der Waals surface area contributed by atoms with Crippen LogP contribution in [0.15, 0.2) is 72.8 Å². The Morgan fingerprint density at radius 3 is 1.87 bits per heavy atom. The lowest BCUT2D eigenvalue weighted by atomic mass is 10.1. The van der Waals surface area contributed by atoms with E-state index in [2.05, 4.69) is 10.6 Å². The van der Waals surface area contributed by atoms with Crippen LogP contribution in [-0.4, -0.2) is 21.7 Å². The summed E-state index contributed by atoms with van der Waals surface area (Å²) in [6.45, 7) is 0.365. The summed E-state index contributed by atoms with van der Waals surface area (Å²) in [7, 11) is 0. The number of benzene rings is 3. The third-order valence-corrected chi connectivity index (χ3v) is 4.29. The Bertz CT molecular complexity index is 1110. The van der Waals surface area contributed by atoms with Crippen LogP contribution in [0.5, 0.6) is 0 Å². The average Bonchev–Trinajstić information content (AvgIpc) is 2.78. The molecule has 3 aromatic carbocycles. The molecule has 3 aromatic rings. The van der Waals surface area contributed by atoms with Crippen LogP contribution in [0, 0.1) is 20.2 Å². The van der Waals surface area contributed by atoms with Crippen molar-refractivity contribution < 1.29 is 19.4 Å². The average molecular weight is 420 g/mol. The van der Waals surface area contributed by atoms with Gasteiger partial charge in [-0.3, -0.25) is 29.8 Å². The molecule has 2 amide bonds. The number of nitro groups is 2. The minimum atomic E-state index is -0.813. The molecule has 0 heterocycles. The highest BCUT2D eigenvalue weighted by atomic mass is 16.6. The Morgan fingerprint density at radius 1 is 0.742 bits per heavy atom. The number of nitrogens with one attached hydrogen (secondary N) is 2. The number of amides is 2. The van der Waals surface area contributed by atoms with Crippen molar-refractivity contribution in [2.24, 2.45) is 0 Å². The predicted molar refractivity (Wildman–Crippen MR) is 112 cm³/mol. The highest BCUT2D eigenvalue weighted by Gasteiger charge is 2.20. The second-order valence-corrected chi connectivity index (χ2v) is 6.45. The van der Waals surface area contributed by atoms with Gasteiger partial charge in [-0.15, -0.1) is 0 Å². The van der Waals surface area contributed by atoms with E-state index in [9.17, 15) is 29.8 Å². The standard InChI is InChI=1S/C21H16N4O6/c26-20(22-13-14-4-2-1-3-5-14)15-6-8-17(9-7-15)23-21(27)16-10-18(24(28)29)12-19(11-16)25(30)31/h1-12H,13H2,(H,22,26)(H,23,27). The van der Waals surface area contributed by atoms with Gasteiger partial charge in [0.1, 0.15) is 0 Å². The molecule has 10 heteroatoms. The van der Waals surface area contributed by atoms with Crippen LogP contribution in [-0.2, 0) is 6.54 Å². The van der Waals surface area contributed by atoms with Crippen molar-refractivity contribution in [2.45, 2.75) is 6.54 Å². The van der Waals surface area contributed by atoms with E-state index in [1.54, 1.807) is 0 Å². The van der Waals surface area contributed by atoms with Crippen LogP contribution < -0.4 is 10.6 Å². The zero-order chi connectivity index (χ0) is 22.4. The van der Waals surface area contributed by atoms with Crippen molar-refractivity contribution in [3.8, 4) is 0 Å². The number of nitrogens with zero attached hydrogens (tertiary/aromatic N) is 2. The maximum Gasteiger partial charge on any atom is 0.277 e. The first-order chi connectivity index (χ1) is 14.8. The Balaban J connectivity index is 1.68. The number of anilines is 1. The van der Waals surface area contributed by atoms with Crippen molar-refractivity contribution in [2.75, 3.05) is 5.32 Å². The minimum absolute atomic E-state index is 0.231. The van der Waals surface area contributed by atoms with Gasteiger partial charge in [-0.05, 0) is 29.8 Å². The van der Waals surface area contributed by atoms with Crippen molar-refractivity contribution in [3.05, 3.63) is 110 Å². The molecule has 0 aliphatic rings. The summed E-state index contributed by atoms with van der Waals surface area (Å²) in [6.07, 6.45) is 0. The van der Waals surface area contributed by atoms with E-state index in [1.807, 2.05) is 30.3 Å². The number of carbonyl (C=O) groups excluding carboxylic acids is 2. The van der Waals surface area contributed by atoms with Gasteiger partial charge in [-0.1, -0.05) is 30.3 Å². The van der Waals surface area contributed by atoms with E-state index in [-0.39, 0.29) is 11.5 Å². The largest absolute Gasteiger partial charge is 0.348 e. The molecule has 0 fully saturated rings. The molecule has 0 spiro atoms. The fourth-order valence-electron chi connectivity index (χ4n) is 2.73. The molecule has 0 saturated carbocycles. The van der Waals surface area contributed by atoms with Crippen LogP contribution in [0.2, 0.25) is 0 Å². The van der Waals surface area contributed by atoms with E-state index in [0.29, 0.717) is 17.8 Å². The van der Waals surface area contributed by atoms with Crippen molar-refractivity contribution in [1.82, 2.24) is 5.32 Å². The summed E-state index contributed by atoms with van der Waals surface area (Å²) in [5.41, 5.74) is 0.282. The predicted octanol–water partition coefficient (Wildman–Crippen LogP) is 3.69. The van der Waals surface area contributed by atoms with E-state index in [1.165, 1.54) is 24.3 Å². The molecule has 0 aliphatic heterocycles. The van der Waals surface area contributed by atoms with Gasteiger partial charge in [0, 0.05) is 29.9 Å². The normalized spacial score (nSPS) is 10.2. The number of carbonyl (C=O) groups is 2. The van der Waals surface area contributed by atoms with Gasteiger partial charge in [-0.2, -0.15) is 0 Å². The second kappa shape index (κ2) is 9.27. The SMILES string of the molecule is O=C(NCc1ccccc1)c1ccc(NC(=O)c2cc([N+](=O)[O-])cc([N+](=O)[O-])c2)cc1. The van der Waals surface area contributed by atoms with Gasteiger partial charge in [0.15, 0.2) is 0 Å². The van der Waals surface area contributed by atoms with Crippen LogP contribution in [0.25, 0.3) is 0 Å². The lowest BCUT2D eigenvalue weighted by Gasteiger charge is -2.08. The first kappa shape index (κ1) is 21.1. The fraction of sp³-hybridized carbons (Fsp3) is 0.0476. The molecule has 0 aromatic heterocycles. The van der Waals surface area contributed by atoms with Gasteiger partial charge in [0.25, 0.3) is 23.2 Å². The Hall–Kier alpha value is -4.60. The summed E-state index contributed by atoms with van der Waals surface area (Å²) < 4.78 is 0. The zero-order valence-corrected chi connectivity index (χ0v) is 16.0. The van der Waals surface area contributed by atoms with Gasteiger partial charge >= 0.3 is 0 Å². The molecule has 156 valence electrons. The first-order valence-electron chi connectivity index (χ1n) is 9.01. The third-order valence-electron chi connectivity index (χ3n) is 4.29. The van der Waals surface area contributed by atoms with Crippen molar-refractivity contribution >= 4 is 28.9 Å². The number of rotatable bonds is 7. The van der Waals surface area contributed by atoms with Crippen LogP contribution in [0.1, 0.15) is 26.3 Å². The summed E-state index contributed by atoms with van der Waals surface area (Å²) >= 11 is 0. The summed E-state index contributed by atoms with van der Waals surface area (Å²) in [5, 5.41) is 27.2. The quantitative estimate of drug-likeness (QED) is 0.440. The molecule has 0 bridgehead atoms. The number of hydrogen-bond donors (Lipinski definition) is 2. The molecule has 10 nitrogen and oxygen atoms in total. The van der Waals surface area contributed by atoms with Crippen LogP contribution in [0.3, 0.4) is 0 Å². The molecule has 0 radical (unpaired) electrons. The van der Waals surface area contributed by atoms with E-state index < -0.39 is 27.1 Å². The van der Waals surface area contributed by atoms with Gasteiger partial charge < -0.3 is 10.6 Å². The molecule has 0 saturated heterocycles. The van der Waals surface area contributed by atoms with Gasteiger partial charge in [-0.25, -0.2) is 0 Å². The van der Waals surface area contributed by atoms with E-state index in [0.717, 1.165) is 23.8 Å². The summed E-state index contributed by atoms with van der Waals surface area (Å²) in [4.78, 5) is 45.0. The third kappa shape index (κ3) is 5.48. The molecule has 31 heavy (non-hydrogen) atoms. The van der Waals surface area contributed by atoms with Crippen LogP contribution in [0.4, 0.5) is 17.1 Å². The maximum absolute atomic E-state index is 12.4. The molecular formula is C21H16N4O6. The highest BCUT2D eigenvalue weighted by Crippen LogP contribution is 2.23. The molecular weight excluding hydrogens is 404 g/mol. The van der Waals surface area contributed by atoms with E-state index >= 15 is 0 Å². The first-order valence-corrected chi connectivity index (χ1v) is 9.01. The fourth-order valence-corrected chi connectivity index (χ4v) is 2.73. The topological polar surface area (TPSA) is 144 Å². The van der Waals surface area contributed by atoms with E-state index in [4.69, 9.17) is 0 Å². The summed E-state index contributed by atoms with van der Waals surface area (Å²) in [5.74, 6) is -1.05. The Morgan fingerprint density at radius 2 is 1.32 bits per heavy atom. The molecule has 2 N–H and O–H groups in total. The lowest BCUT2D eigenvalue weighted by Crippen LogP contribution is -2.22. The number of nitro benzene ring substituents is 2. The minimum Gasteiger partial charge on any atom is -0.348 e. The molecule has 0 atom stereocenters. The Labute approximate surface area is 175 Å². The van der Waals surface area contributed by atoms with Crippen LogP contribution >= 0.6 is 0 Å². The van der Waals surface area contributed by atoms with Crippen molar-refractivity contribution in [3.63, 3.8) is 0 Å². The monoisotopic (exact) mass is 420 g/mol. The second-order valence-electron chi connectivity index (χ2n) is 6.45. The molecule has 0 aliphatic carbocycles. The zero-order valence-electron chi connectivity index (χ0n) is 16.0. The van der Waals surface area contributed by atoms with Crippen molar-refractivity contribution in [1.29, 1.82) is 0 Å². The molecule has 3 rings (SSSR count). The van der Waals surface area contributed by atoms with Gasteiger partial charge in [0.2, 0.25) is 0 Å². The number of hydrogen-bond acceptors (Lipinski definition) is 6. The summed E-state index contributed by atoms with van der Waals surface area (Å²) in [6, 6.07) is 18.1.